The normalized spacial score (nSPS) is 10.9. The smallest absolute Gasteiger partial charge is 0.0175 e. The van der Waals surface area contributed by atoms with Gasteiger partial charge in [0, 0.05) is 4.47 Å². The molecule has 0 N–H and O–H groups in total. The molecule has 0 unspecified atom stereocenters. The molecule has 0 saturated heterocycles. The molecule has 1 aromatic rings. The summed E-state index contributed by atoms with van der Waals surface area (Å²) < 4.78 is 1.10. The third kappa shape index (κ3) is 5.13. The zero-order chi connectivity index (χ0) is 12.4. The summed E-state index contributed by atoms with van der Waals surface area (Å²) in [7, 11) is 0. The lowest BCUT2D eigenvalue weighted by atomic mass is 10.1. The average molecular weight is 279 g/mol. The second-order valence-corrected chi connectivity index (χ2v) is 3.78. The van der Waals surface area contributed by atoms with Crippen molar-refractivity contribution in [1.82, 2.24) is 0 Å². The number of allylic oxidation sites excluding steroid dienone is 5. The highest BCUT2D eigenvalue weighted by molar-refractivity contribution is 9.10. The fraction of sp³-hybridized carbons (Fsp3) is 0.200. The first-order valence-electron chi connectivity index (χ1n) is 5.49. The zero-order valence-corrected chi connectivity index (χ0v) is 11.8. The van der Waals surface area contributed by atoms with Crippen molar-refractivity contribution in [2.24, 2.45) is 0 Å². The van der Waals surface area contributed by atoms with Gasteiger partial charge in [0.05, 0.1) is 0 Å². The summed E-state index contributed by atoms with van der Waals surface area (Å²) in [5, 5.41) is 0. The maximum atomic E-state index is 3.71. The van der Waals surface area contributed by atoms with Crippen molar-refractivity contribution >= 4 is 21.5 Å². The minimum Gasteiger partial charge on any atom is -0.0990 e. The maximum Gasteiger partial charge on any atom is 0.0175 e. The number of hydrogen-bond acceptors (Lipinski definition) is 0. The number of rotatable bonds is 3. The quantitative estimate of drug-likeness (QED) is 0.630. The number of hydrogen-bond donors (Lipinski definition) is 0. The van der Waals surface area contributed by atoms with Crippen LogP contribution in [0.1, 0.15) is 26.3 Å². The second-order valence-electron chi connectivity index (χ2n) is 2.86. The standard InChI is InChI=1S/C13H13Br.C2H6/c1-3-5-11(6-4-2)12-7-9-13(14)10-8-12;1-2/h3-10H,1H2,2H3;1-2H3/b6-4-,11-5+;. The lowest BCUT2D eigenvalue weighted by molar-refractivity contribution is 1.50. The van der Waals surface area contributed by atoms with E-state index in [1.54, 1.807) is 6.08 Å². The third-order valence-electron chi connectivity index (χ3n) is 1.82. The molecule has 0 aliphatic carbocycles. The molecule has 0 aromatic heterocycles. The van der Waals surface area contributed by atoms with E-state index in [1.807, 2.05) is 45.1 Å². The van der Waals surface area contributed by atoms with E-state index >= 15 is 0 Å². The Morgan fingerprint density at radius 1 is 1.19 bits per heavy atom. The topological polar surface area (TPSA) is 0 Å². The Morgan fingerprint density at radius 2 is 1.75 bits per heavy atom. The van der Waals surface area contributed by atoms with Crippen LogP contribution in [-0.2, 0) is 0 Å². The van der Waals surface area contributed by atoms with Gasteiger partial charge in [-0.05, 0) is 30.2 Å². The Hall–Kier alpha value is -1.08. The highest BCUT2D eigenvalue weighted by Gasteiger charge is 1.95. The van der Waals surface area contributed by atoms with Crippen molar-refractivity contribution < 1.29 is 0 Å². The van der Waals surface area contributed by atoms with Crippen molar-refractivity contribution in [1.29, 1.82) is 0 Å². The molecule has 0 fully saturated rings. The summed E-state index contributed by atoms with van der Waals surface area (Å²) in [4.78, 5) is 0. The van der Waals surface area contributed by atoms with Crippen LogP contribution in [-0.4, -0.2) is 0 Å². The monoisotopic (exact) mass is 278 g/mol. The zero-order valence-electron chi connectivity index (χ0n) is 10.2. The van der Waals surface area contributed by atoms with E-state index in [1.165, 1.54) is 11.1 Å². The van der Waals surface area contributed by atoms with E-state index < -0.39 is 0 Å². The summed E-state index contributed by atoms with van der Waals surface area (Å²) in [6.07, 6.45) is 7.91. The Morgan fingerprint density at radius 3 is 2.19 bits per heavy atom. The van der Waals surface area contributed by atoms with Crippen molar-refractivity contribution in [2.75, 3.05) is 0 Å². The molecular weight excluding hydrogens is 260 g/mol. The van der Waals surface area contributed by atoms with Crippen LogP contribution >= 0.6 is 15.9 Å². The first kappa shape index (κ1) is 14.9. The van der Waals surface area contributed by atoms with E-state index in [2.05, 4.69) is 40.7 Å². The molecular formula is C15H19Br. The van der Waals surface area contributed by atoms with Crippen LogP contribution in [0.3, 0.4) is 0 Å². The SMILES string of the molecule is C=C/C=C(\C=C/C)c1ccc(Br)cc1.CC. The Balaban J connectivity index is 0.00000106. The van der Waals surface area contributed by atoms with Crippen LogP contribution in [0.25, 0.3) is 5.57 Å². The fourth-order valence-electron chi connectivity index (χ4n) is 1.20. The van der Waals surface area contributed by atoms with Crippen molar-refractivity contribution in [3.63, 3.8) is 0 Å². The average Bonchev–Trinajstić information content (AvgIpc) is 2.32. The molecule has 0 bridgehead atoms. The molecule has 0 heterocycles. The number of halogens is 1. The molecule has 86 valence electrons. The van der Waals surface area contributed by atoms with Crippen molar-refractivity contribution in [3.05, 3.63) is 65.2 Å². The lowest BCUT2D eigenvalue weighted by Gasteiger charge is -2.01. The molecule has 0 spiro atoms. The molecule has 16 heavy (non-hydrogen) atoms. The van der Waals surface area contributed by atoms with Crippen LogP contribution in [0.15, 0.2) is 59.6 Å². The molecule has 1 heteroatoms. The summed E-state index contributed by atoms with van der Waals surface area (Å²) in [6, 6.07) is 8.24. The van der Waals surface area contributed by atoms with Gasteiger partial charge in [0.2, 0.25) is 0 Å². The summed E-state index contributed by atoms with van der Waals surface area (Å²) in [5.74, 6) is 0. The molecule has 0 atom stereocenters. The van der Waals surface area contributed by atoms with Crippen LogP contribution in [0.2, 0.25) is 0 Å². The highest BCUT2D eigenvalue weighted by atomic mass is 79.9. The van der Waals surface area contributed by atoms with Gasteiger partial charge in [-0.2, -0.15) is 0 Å². The molecule has 0 amide bonds. The largest absolute Gasteiger partial charge is 0.0990 e. The van der Waals surface area contributed by atoms with Gasteiger partial charge < -0.3 is 0 Å². The van der Waals surface area contributed by atoms with E-state index in [4.69, 9.17) is 0 Å². The van der Waals surface area contributed by atoms with Gasteiger partial charge >= 0.3 is 0 Å². The molecule has 0 radical (unpaired) electrons. The van der Waals surface area contributed by atoms with Gasteiger partial charge in [0.25, 0.3) is 0 Å². The van der Waals surface area contributed by atoms with Crippen molar-refractivity contribution in [3.8, 4) is 0 Å². The molecule has 1 rings (SSSR count). The third-order valence-corrected chi connectivity index (χ3v) is 2.35. The minimum atomic E-state index is 1.10. The summed E-state index contributed by atoms with van der Waals surface area (Å²) >= 11 is 3.41. The summed E-state index contributed by atoms with van der Waals surface area (Å²) in [6.45, 7) is 9.72. The lowest BCUT2D eigenvalue weighted by Crippen LogP contribution is -1.79. The van der Waals surface area contributed by atoms with Gasteiger partial charge in [-0.15, -0.1) is 0 Å². The van der Waals surface area contributed by atoms with E-state index in [9.17, 15) is 0 Å². The van der Waals surface area contributed by atoms with E-state index in [-0.39, 0.29) is 0 Å². The molecule has 0 aliphatic rings. The van der Waals surface area contributed by atoms with Gasteiger partial charge in [-0.25, -0.2) is 0 Å². The van der Waals surface area contributed by atoms with Gasteiger partial charge in [-0.1, -0.05) is 72.8 Å². The summed E-state index contributed by atoms with van der Waals surface area (Å²) in [5.41, 5.74) is 2.38. The Kier molecular flexibility index (Phi) is 8.55. The van der Waals surface area contributed by atoms with E-state index in [0.717, 1.165) is 4.47 Å². The highest BCUT2D eigenvalue weighted by Crippen LogP contribution is 2.19. The van der Waals surface area contributed by atoms with Crippen molar-refractivity contribution in [2.45, 2.75) is 20.8 Å². The van der Waals surface area contributed by atoms with Gasteiger partial charge in [-0.3, -0.25) is 0 Å². The van der Waals surface area contributed by atoms with Crippen LogP contribution in [0.5, 0.6) is 0 Å². The molecule has 0 nitrogen and oxygen atoms in total. The first-order valence-corrected chi connectivity index (χ1v) is 6.28. The molecule has 0 aliphatic heterocycles. The van der Waals surface area contributed by atoms with Crippen LogP contribution in [0.4, 0.5) is 0 Å². The first-order chi connectivity index (χ1) is 7.77. The maximum absolute atomic E-state index is 3.71. The van der Waals surface area contributed by atoms with E-state index in [0.29, 0.717) is 0 Å². The minimum absolute atomic E-state index is 1.10. The Bertz CT molecular complexity index is 356. The predicted octanol–water partition coefficient (Wildman–Crippen LogP) is 5.62. The number of benzene rings is 1. The van der Waals surface area contributed by atoms with Gasteiger partial charge in [0.15, 0.2) is 0 Å². The second kappa shape index (κ2) is 9.17. The van der Waals surface area contributed by atoms with Crippen LogP contribution < -0.4 is 0 Å². The fourth-order valence-corrected chi connectivity index (χ4v) is 1.46. The Labute approximate surface area is 108 Å². The predicted molar refractivity (Wildman–Crippen MR) is 78.5 cm³/mol. The molecule has 0 saturated carbocycles. The van der Waals surface area contributed by atoms with Crippen LogP contribution in [0, 0.1) is 0 Å². The molecule has 1 aromatic carbocycles. The van der Waals surface area contributed by atoms with Gasteiger partial charge in [0.1, 0.15) is 0 Å².